The van der Waals surface area contributed by atoms with Crippen LogP contribution < -0.4 is 0 Å². The van der Waals surface area contributed by atoms with Gasteiger partial charge in [0.05, 0.1) is 12.6 Å². The molecule has 0 aliphatic carbocycles. The second-order valence-corrected chi connectivity index (χ2v) is 4.86. The van der Waals surface area contributed by atoms with E-state index in [2.05, 4.69) is 16.8 Å². The summed E-state index contributed by atoms with van der Waals surface area (Å²) in [5.74, 6) is 0.168. The van der Waals surface area contributed by atoms with Crippen molar-refractivity contribution in [1.29, 1.82) is 0 Å². The van der Waals surface area contributed by atoms with Crippen molar-refractivity contribution >= 4 is 5.91 Å². The molecule has 2 fully saturated rings. The lowest BCUT2D eigenvalue weighted by Gasteiger charge is -2.32. The van der Waals surface area contributed by atoms with E-state index >= 15 is 0 Å². The van der Waals surface area contributed by atoms with Crippen LogP contribution in [0.25, 0.3) is 0 Å². The predicted molar refractivity (Wildman–Crippen MR) is 61.1 cm³/mol. The fraction of sp³-hybridized carbons (Fsp3) is 0.909. The Labute approximate surface area is 96.6 Å². The van der Waals surface area contributed by atoms with Gasteiger partial charge >= 0.3 is 0 Å². The van der Waals surface area contributed by atoms with Crippen LogP contribution in [0.15, 0.2) is 0 Å². The average molecular weight is 227 g/mol. The van der Waals surface area contributed by atoms with Crippen LogP contribution in [0.2, 0.25) is 0 Å². The minimum atomic E-state index is -0.309. The summed E-state index contributed by atoms with van der Waals surface area (Å²) in [4.78, 5) is 18.2. The number of carbonyl (C=O) groups is 1. The highest BCUT2D eigenvalue weighted by Crippen LogP contribution is 2.09. The van der Waals surface area contributed by atoms with Gasteiger partial charge in [-0.25, -0.2) is 0 Å². The number of hydrogen-bond acceptors (Lipinski definition) is 4. The first-order valence-electron chi connectivity index (χ1n) is 6.02. The van der Waals surface area contributed by atoms with Crippen LogP contribution in [0.1, 0.15) is 6.42 Å². The van der Waals surface area contributed by atoms with Gasteiger partial charge in [-0.05, 0) is 13.5 Å². The quantitative estimate of drug-likeness (QED) is 0.645. The summed E-state index contributed by atoms with van der Waals surface area (Å²) in [6, 6.07) is 0. The number of piperazine rings is 1. The van der Waals surface area contributed by atoms with Crippen molar-refractivity contribution < 1.29 is 9.90 Å². The number of nitrogens with zero attached hydrogens (tertiary/aromatic N) is 3. The maximum Gasteiger partial charge on any atom is 0.236 e. The topological polar surface area (TPSA) is 47.0 Å². The summed E-state index contributed by atoms with van der Waals surface area (Å²) in [6.45, 7) is 5.77. The van der Waals surface area contributed by atoms with Crippen LogP contribution >= 0.6 is 0 Å². The molecule has 1 atom stereocenters. The van der Waals surface area contributed by atoms with Crippen molar-refractivity contribution in [2.45, 2.75) is 12.5 Å². The summed E-state index contributed by atoms with van der Waals surface area (Å²) in [5.41, 5.74) is 0. The zero-order valence-corrected chi connectivity index (χ0v) is 9.93. The van der Waals surface area contributed by atoms with Crippen molar-refractivity contribution in [3.05, 3.63) is 0 Å². The third-order valence-corrected chi connectivity index (χ3v) is 3.47. The molecule has 0 bridgehead atoms. The fourth-order valence-electron chi connectivity index (χ4n) is 2.27. The zero-order chi connectivity index (χ0) is 11.5. The third kappa shape index (κ3) is 2.93. The van der Waals surface area contributed by atoms with Crippen LogP contribution in [0, 0.1) is 0 Å². The monoisotopic (exact) mass is 227 g/mol. The second kappa shape index (κ2) is 5.12. The first-order chi connectivity index (χ1) is 7.65. The summed E-state index contributed by atoms with van der Waals surface area (Å²) >= 11 is 0. The van der Waals surface area contributed by atoms with Gasteiger partial charge in [-0.2, -0.15) is 0 Å². The van der Waals surface area contributed by atoms with Crippen molar-refractivity contribution in [1.82, 2.24) is 14.7 Å². The molecule has 2 saturated heterocycles. The van der Waals surface area contributed by atoms with E-state index < -0.39 is 0 Å². The van der Waals surface area contributed by atoms with Gasteiger partial charge in [-0.15, -0.1) is 0 Å². The lowest BCUT2D eigenvalue weighted by molar-refractivity contribution is -0.132. The van der Waals surface area contributed by atoms with Gasteiger partial charge < -0.3 is 14.9 Å². The molecule has 0 aromatic rings. The van der Waals surface area contributed by atoms with Gasteiger partial charge in [-0.1, -0.05) is 0 Å². The van der Waals surface area contributed by atoms with Gasteiger partial charge in [0.25, 0.3) is 0 Å². The number of likely N-dealkylation sites (tertiary alicyclic amines) is 1. The standard InChI is InChI=1S/C11H21N3O2/c1-12-4-6-13(7-5-12)9-11(16)14-3-2-10(15)8-14/h10,15H,2-9H2,1H3/t10-/m0/s1. The summed E-state index contributed by atoms with van der Waals surface area (Å²) in [6.07, 6.45) is 0.422. The van der Waals surface area contributed by atoms with Crippen LogP contribution in [-0.4, -0.2) is 84.7 Å². The van der Waals surface area contributed by atoms with Crippen LogP contribution in [0.5, 0.6) is 0 Å². The molecule has 0 unspecified atom stereocenters. The van der Waals surface area contributed by atoms with Crippen LogP contribution in [0.4, 0.5) is 0 Å². The Kier molecular flexibility index (Phi) is 3.78. The van der Waals surface area contributed by atoms with Gasteiger partial charge in [0.1, 0.15) is 0 Å². The molecule has 1 amide bonds. The molecule has 2 aliphatic heterocycles. The number of aliphatic hydroxyl groups is 1. The van der Waals surface area contributed by atoms with Crippen molar-refractivity contribution in [2.75, 3.05) is 52.9 Å². The highest BCUT2D eigenvalue weighted by atomic mass is 16.3. The van der Waals surface area contributed by atoms with Gasteiger partial charge in [0.2, 0.25) is 5.91 Å². The first kappa shape index (κ1) is 11.8. The molecule has 2 aliphatic rings. The van der Waals surface area contributed by atoms with E-state index in [9.17, 15) is 9.90 Å². The van der Waals surface area contributed by atoms with Crippen LogP contribution in [0.3, 0.4) is 0 Å². The number of hydrogen-bond donors (Lipinski definition) is 1. The number of carbonyl (C=O) groups excluding carboxylic acids is 1. The maximum atomic E-state index is 11.9. The molecule has 0 aromatic heterocycles. The van der Waals surface area contributed by atoms with Gasteiger partial charge in [-0.3, -0.25) is 9.69 Å². The Bertz CT molecular complexity index is 252. The highest BCUT2D eigenvalue weighted by Gasteiger charge is 2.26. The first-order valence-corrected chi connectivity index (χ1v) is 6.02. The largest absolute Gasteiger partial charge is 0.391 e. The molecule has 0 saturated carbocycles. The molecule has 2 heterocycles. The molecule has 0 spiro atoms. The summed E-state index contributed by atoms with van der Waals surface area (Å²) in [7, 11) is 2.11. The number of likely N-dealkylation sites (N-methyl/N-ethyl adjacent to an activating group) is 1. The van der Waals surface area contributed by atoms with Gasteiger partial charge in [0, 0.05) is 39.3 Å². The molecular weight excluding hydrogens is 206 g/mol. The van der Waals surface area contributed by atoms with E-state index in [-0.39, 0.29) is 12.0 Å². The zero-order valence-electron chi connectivity index (χ0n) is 9.93. The van der Waals surface area contributed by atoms with E-state index in [0.717, 1.165) is 32.6 Å². The Balaban J connectivity index is 1.75. The normalized spacial score (nSPS) is 28.6. The van der Waals surface area contributed by atoms with E-state index in [4.69, 9.17) is 0 Å². The lowest BCUT2D eigenvalue weighted by Crippen LogP contribution is -2.48. The Hall–Kier alpha value is -0.650. The molecular formula is C11H21N3O2. The van der Waals surface area contributed by atoms with E-state index in [1.165, 1.54) is 0 Å². The molecule has 16 heavy (non-hydrogen) atoms. The Morgan fingerprint density at radius 3 is 2.50 bits per heavy atom. The summed E-state index contributed by atoms with van der Waals surface area (Å²) in [5, 5.41) is 9.37. The molecule has 5 heteroatoms. The van der Waals surface area contributed by atoms with Crippen molar-refractivity contribution in [3.63, 3.8) is 0 Å². The fourth-order valence-corrected chi connectivity index (χ4v) is 2.27. The molecule has 1 N–H and O–H groups in total. The lowest BCUT2D eigenvalue weighted by atomic mass is 10.3. The van der Waals surface area contributed by atoms with Crippen molar-refractivity contribution in [2.24, 2.45) is 0 Å². The highest BCUT2D eigenvalue weighted by molar-refractivity contribution is 5.78. The second-order valence-electron chi connectivity index (χ2n) is 4.86. The average Bonchev–Trinajstić information content (AvgIpc) is 2.68. The predicted octanol–water partition coefficient (Wildman–Crippen LogP) is -1.17. The van der Waals surface area contributed by atoms with Crippen molar-refractivity contribution in [3.8, 4) is 0 Å². The Morgan fingerprint density at radius 1 is 1.25 bits per heavy atom. The number of amides is 1. The molecule has 2 rings (SSSR count). The molecule has 0 radical (unpaired) electrons. The number of β-amino-alcohol motifs (C(OH)–C–C–N with tert-alkyl or cyclic N) is 1. The SMILES string of the molecule is CN1CCN(CC(=O)N2CC[C@H](O)C2)CC1. The third-order valence-electron chi connectivity index (χ3n) is 3.47. The Morgan fingerprint density at radius 2 is 1.94 bits per heavy atom. The van der Waals surface area contributed by atoms with Gasteiger partial charge in [0.15, 0.2) is 0 Å². The van der Waals surface area contributed by atoms with E-state index in [0.29, 0.717) is 19.6 Å². The van der Waals surface area contributed by atoms with E-state index in [1.54, 1.807) is 4.90 Å². The maximum absolute atomic E-state index is 11.9. The summed E-state index contributed by atoms with van der Waals surface area (Å²) < 4.78 is 0. The van der Waals surface area contributed by atoms with E-state index in [1.807, 2.05) is 0 Å². The molecule has 92 valence electrons. The van der Waals surface area contributed by atoms with Crippen LogP contribution in [-0.2, 0) is 4.79 Å². The minimum absolute atomic E-state index is 0.168. The number of rotatable bonds is 2. The number of aliphatic hydroxyl groups excluding tert-OH is 1. The molecule has 5 nitrogen and oxygen atoms in total. The molecule has 0 aromatic carbocycles. The smallest absolute Gasteiger partial charge is 0.236 e. The minimum Gasteiger partial charge on any atom is -0.391 e.